The molecule has 1 N–H and O–H groups in total. The Morgan fingerprint density at radius 3 is 2.54 bits per heavy atom. The van der Waals surface area contributed by atoms with Gasteiger partial charge < -0.3 is 10.1 Å². The molecule has 0 aliphatic carbocycles. The van der Waals surface area contributed by atoms with Gasteiger partial charge in [-0.2, -0.15) is 5.26 Å². The summed E-state index contributed by atoms with van der Waals surface area (Å²) in [6, 6.07) is 17.8. The molecule has 1 atom stereocenters. The third-order valence-electron chi connectivity index (χ3n) is 4.17. The predicted molar refractivity (Wildman–Crippen MR) is 107 cm³/mol. The summed E-state index contributed by atoms with van der Waals surface area (Å²) in [5.74, 6) is 1.14. The first-order valence-electron chi connectivity index (χ1n) is 8.06. The van der Waals surface area contributed by atoms with E-state index in [9.17, 15) is 10.1 Å². The summed E-state index contributed by atoms with van der Waals surface area (Å²) >= 11 is 4.90. The molecule has 0 bridgehead atoms. The Labute approximate surface area is 165 Å². The zero-order chi connectivity index (χ0) is 18.5. The molecule has 26 heavy (non-hydrogen) atoms. The molecule has 6 heteroatoms. The number of carbonyl (C=O) groups is 1. The number of benzene rings is 2. The number of nitriles is 1. The second-order valence-electron chi connectivity index (χ2n) is 5.85. The van der Waals surface area contributed by atoms with E-state index >= 15 is 0 Å². The van der Waals surface area contributed by atoms with Gasteiger partial charge in [-0.25, -0.2) is 0 Å². The lowest BCUT2D eigenvalue weighted by molar-refractivity contribution is -0.120. The molecule has 1 aliphatic rings. The summed E-state index contributed by atoms with van der Waals surface area (Å²) in [6.45, 7) is 0. The fourth-order valence-electron chi connectivity index (χ4n) is 2.79. The zero-order valence-electron chi connectivity index (χ0n) is 14.2. The average molecular weight is 429 g/mol. The summed E-state index contributed by atoms with van der Waals surface area (Å²) in [6.07, 6.45) is 0.275. The molecular formula is C20H17BrN2O2S. The van der Waals surface area contributed by atoms with Crippen molar-refractivity contribution in [2.24, 2.45) is 0 Å². The normalized spacial score (nSPS) is 16.8. The summed E-state index contributed by atoms with van der Waals surface area (Å²) in [5, 5.41) is 13.2. The van der Waals surface area contributed by atoms with Crippen LogP contribution in [0.5, 0.6) is 5.75 Å². The number of nitrogens with zero attached hydrogens (tertiary/aromatic N) is 1. The number of methoxy groups -OCH3 is 1. The standard InChI is InChI=1S/C20H17BrN2O2S/c1-25-16-8-4-14(5-9-16)17-10-19(24)23-20(18(17)11-22)26-12-13-2-6-15(21)7-3-13/h2-9,17H,10,12H2,1H3,(H,23,24)/t17-/m0/s1. The van der Waals surface area contributed by atoms with E-state index in [4.69, 9.17) is 4.74 Å². The highest BCUT2D eigenvalue weighted by Gasteiger charge is 2.29. The van der Waals surface area contributed by atoms with Crippen LogP contribution in [0.25, 0.3) is 0 Å². The van der Waals surface area contributed by atoms with E-state index < -0.39 is 0 Å². The van der Waals surface area contributed by atoms with E-state index in [0.29, 0.717) is 16.4 Å². The van der Waals surface area contributed by atoms with Crippen molar-refractivity contribution < 1.29 is 9.53 Å². The van der Waals surface area contributed by atoms with Crippen molar-refractivity contribution in [3.63, 3.8) is 0 Å². The number of thioether (sulfide) groups is 1. The number of hydrogen-bond acceptors (Lipinski definition) is 4. The number of amides is 1. The van der Waals surface area contributed by atoms with Crippen LogP contribution in [0.1, 0.15) is 23.5 Å². The zero-order valence-corrected chi connectivity index (χ0v) is 16.6. The fraction of sp³-hybridized carbons (Fsp3) is 0.200. The number of carbonyl (C=O) groups excluding carboxylic acids is 1. The Morgan fingerprint density at radius 2 is 1.92 bits per heavy atom. The van der Waals surface area contributed by atoms with Crippen LogP contribution in [0.3, 0.4) is 0 Å². The van der Waals surface area contributed by atoms with Gasteiger partial charge in [-0.3, -0.25) is 4.79 Å². The molecule has 1 heterocycles. The lowest BCUT2D eigenvalue weighted by Crippen LogP contribution is -2.30. The van der Waals surface area contributed by atoms with Crippen LogP contribution < -0.4 is 10.1 Å². The molecule has 0 unspecified atom stereocenters. The number of nitrogens with one attached hydrogen (secondary N) is 1. The van der Waals surface area contributed by atoms with Gasteiger partial charge in [-0.1, -0.05) is 40.2 Å². The highest BCUT2D eigenvalue weighted by molar-refractivity contribution is 9.10. The van der Waals surface area contributed by atoms with Crippen molar-refractivity contribution in [3.8, 4) is 11.8 Å². The van der Waals surface area contributed by atoms with Crippen molar-refractivity contribution in [1.82, 2.24) is 5.32 Å². The molecule has 4 nitrogen and oxygen atoms in total. The first kappa shape index (κ1) is 18.6. The lowest BCUT2D eigenvalue weighted by atomic mass is 9.87. The third kappa shape index (κ3) is 4.29. The smallest absolute Gasteiger partial charge is 0.225 e. The summed E-state index contributed by atoms with van der Waals surface area (Å²) in [7, 11) is 1.61. The number of allylic oxidation sites excluding steroid dienone is 1. The van der Waals surface area contributed by atoms with E-state index in [-0.39, 0.29) is 18.2 Å². The Kier molecular flexibility index (Phi) is 6.02. The van der Waals surface area contributed by atoms with Gasteiger partial charge in [0.15, 0.2) is 0 Å². The molecule has 0 aromatic heterocycles. The van der Waals surface area contributed by atoms with Gasteiger partial charge in [0.25, 0.3) is 0 Å². The highest BCUT2D eigenvalue weighted by atomic mass is 79.9. The molecule has 132 valence electrons. The predicted octanol–water partition coefficient (Wildman–Crippen LogP) is 4.73. The first-order chi connectivity index (χ1) is 12.6. The molecule has 2 aromatic carbocycles. The van der Waals surface area contributed by atoms with Crippen LogP contribution in [-0.4, -0.2) is 13.0 Å². The lowest BCUT2D eigenvalue weighted by Gasteiger charge is -2.25. The van der Waals surface area contributed by atoms with Crippen LogP contribution in [0.2, 0.25) is 0 Å². The van der Waals surface area contributed by atoms with E-state index in [1.54, 1.807) is 7.11 Å². The number of halogens is 1. The summed E-state index contributed by atoms with van der Waals surface area (Å²) in [5.41, 5.74) is 2.68. The van der Waals surface area contributed by atoms with E-state index in [0.717, 1.165) is 21.3 Å². The van der Waals surface area contributed by atoms with Gasteiger partial charge in [-0.15, -0.1) is 11.8 Å². The van der Waals surface area contributed by atoms with Crippen LogP contribution in [0, 0.1) is 11.3 Å². The van der Waals surface area contributed by atoms with E-state index in [1.165, 1.54) is 11.8 Å². The molecule has 3 rings (SSSR count). The number of hydrogen-bond donors (Lipinski definition) is 1. The molecule has 0 saturated heterocycles. The molecule has 2 aromatic rings. The van der Waals surface area contributed by atoms with Crippen molar-refractivity contribution in [2.75, 3.05) is 7.11 Å². The molecular weight excluding hydrogens is 412 g/mol. The number of rotatable bonds is 5. The van der Waals surface area contributed by atoms with Crippen molar-refractivity contribution in [3.05, 3.63) is 74.7 Å². The van der Waals surface area contributed by atoms with Crippen LogP contribution in [-0.2, 0) is 10.5 Å². The number of ether oxygens (including phenoxy) is 1. The third-order valence-corrected chi connectivity index (χ3v) is 5.79. The SMILES string of the molecule is COc1ccc([C@@H]2CC(=O)NC(SCc3ccc(Br)cc3)=C2C#N)cc1. The maximum absolute atomic E-state index is 12.2. The van der Waals surface area contributed by atoms with Gasteiger partial charge >= 0.3 is 0 Å². The van der Waals surface area contributed by atoms with Gasteiger partial charge in [0.1, 0.15) is 5.75 Å². The Hall–Kier alpha value is -2.23. The van der Waals surface area contributed by atoms with Gasteiger partial charge in [0, 0.05) is 22.6 Å². The molecule has 1 aliphatic heterocycles. The van der Waals surface area contributed by atoms with Crippen molar-refractivity contribution in [2.45, 2.75) is 18.1 Å². The maximum atomic E-state index is 12.2. The average Bonchev–Trinajstić information content (AvgIpc) is 2.67. The van der Waals surface area contributed by atoms with Crippen molar-refractivity contribution >= 4 is 33.6 Å². The monoisotopic (exact) mass is 428 g/mol. The summed E-state index contributed by atoms with van der Waals surface area (Å²) in [4.78, 5) is 12.2. The van der Waals surface area contributed by atoms with Crippen LogP contribution >= 0.6 is 27.7 Å². The van der Waals surface area contributed by atoms with Crippen molar-refractivity contribution in [1.29, 1.82) is 5.26 Å². The topological polar surface area (TPSA) is 62.1 Å². The minimum absolute atomic E-state index is 0.0666. The molecule has 0 spiro atoms. The van der Waals surface area contributed by atoms with Crippen LogP contribution in [0.15, 0.2) is 63.6 Å². The molecule has 1 amide bonds. The highest BCUT2D eigenvalue weighted by Crippen LogP contribution is 2.37. The van der Waals surface area contributed by atoms with Gasteiger partial charge in [0.05, 0.1) is 23.8 Å². The van der Waals surface area contributed by atoms with Crippen LogP contribution in [0.4, 0.5) is 0 Å². The fourth-order valence-corrected chi connectivity index (χ4v) is 4.09. The minimum atomic E-state index is -0.230. The Bertz CT molecular complexity index is 870. The van der Waals surface area contributed by atoms with Gasteiger partial charge in [-0.05, 0) is 35.4 Å². The maximum Gasteiger partial charge on any atom is 0.225 e. The molecule has 0 saturated carbocycles. The van der Waals surface area contributed by atoms with E-state index in [2.05, 4.69) is 27.3 Å². The second kappa shape index (κ2) is 8.43. The second-order valence-corrected chi connectivity index (χ2v) is 7.75. The quantitative estimate of drug-likeness (QED) is 0.747. The Balaban J connectivity index is 1.85. The molecule has 0 radical (unpaired) electrons. The summed E-state index contributed by atoms with van der Waals surface area (Å²) < 4.78 is 6.21. The Morgan fingerprint density at radius 1 is 1.23 bits per heavy atom. The van der Waals surface area contributed by atoms with Gasteiger partial charge in [0.2, 0.25) is 5.91 Å². The largest absolute Gasteiger partial charge is 0.497 e. The molecule has 0 fully saturated rings. The first-order valence-corrected chi connectivity index (χ1v) is 9.84. The minimum Gasteiger partial charge on any atom is -0.497 e. The van der Waals surface area contributed by atoms with E-state index in [1.807, 2.05) is 48.5 Å².